The number of nitrogens with zero attached hydrogens (tertiary/aromatic N) is 1. The van der Waals surface area contributed by atoms with Crippen LogP contribution in [0.25, 0.3) is 0 Å². The minimum absolute atomic E-state index is 0.348. The maximum Gasteiger partial charge on any atom is 0.0252 e. The molecule has 0 radical (unpaired) electrons. The summed E-state index contributed by atoms with van der Waals surface area (Å²) >= 11 is 0. The van der Waals surface area contributed by atoms with Crippen molar-refractivity contribution < 1.29 is 0 Å². The standard InChI is InChI=1S/C14H28N2/c1-10(2)11-6-8-16(9-11)12-5-7-14(3,4)13(12)15/h10-13H,5-9,15H2,1-4H3. The predicted octanol–water partition coefficient (Wildman–Crippen LogP) is 2.48. The van der Waals surface area contributed by atoms with Crippen molar-refractivity contribution in [3.8, 4) is 0 Å². The molecule has 2 nitrogen and oxygen atoms in total. The molecule has 1 saturated carbocycles. The molecule has 0 bridgehead atoms. The van der Waals surface area contributed by atoms with Crippen molar-refractivity contribution >= 4 is 0 Å². The predicted molar refractivity (Wildman–Crippen MR) is 69.3 cm³/mol. The fourth-order valence-electron chi connectivity index (χ4n) is 3.46. The molecular weight excluding hydrogens is 196 g/mol. The second kappa shape index (κ2) is 4.30. The van der Waals surface area contributed by atoms with Crippen molar-refractivity contribution in [2.45, 2.75) is 59.0 Å². The van der Waals surface area contributed by atoms with Gasteiger partial charge in [0.15, 0.2) is 0 Å². The maximum absolute atomic E-state index is 6.42. The first-order chi connectivity index (χ1) is 7.42. The smallest absolute Gasteiger partial charge is 0.0252 e. The molecule has 2 aliphatic rings. The molecule has 0 aromatic heterocycles. The van der Waals surface area contributed by atoms with Gasteiger partial charge >= 0.3 is 0 Å². The monoisotopic (exact) mass is 224 g/mol. The SMILES string of the molecule is CC(C)C1CCN(C2CCC(C)(C)C2N)C1. The molecule has 2 rings (SSSR count). The Balaban J connectivity index is 1.96. The average molecular weight is 224 g/mol. The van der Waals surface area contributed by atoms with Gasteiger partial charge in [-0.15, -0.1) is 0 Å². The quantitative estimate of drug-likeness (QED) is 0.781. The Bertz CT molecular complexity index is 247. The number of nitrogens with two attached hydrogens (primary N) is 1. The summed E-state index contributed by atoms with van der Waals surface area (Å²) in [6.07, 6.45) is 3.97. The van der Waals surface area contributed by atoms with Crippen LogP contribution >= 0.6 is 0 Å². The molecule has 2 fully saturated rings. The summed E-state index contributed by atoms with van der Waals surface area (Å²) in [6, 6.07) is 1.03. The third-order valence-corrected chi connectivity index (χ3v) is 5.07. The minimum atomic E-state index is 0.348. The highest BCUT2D eigenvalue weighted by Gasteiger charge is 2.43. The summed E-state index contributed by atoms with van der Waals surface area (Å²) in [7, 11) is 0. The summed E-state index contributed by atoms with van der Waals surface area (Å²) in [6.45, 7) is 11.9. The number of rotatable bonds is 2. The van der Waals surface area contributed by atoms with E-state index in [0.29, 0.717) is 17.5 Å². The van der Waals surface area contributed by atoms with Gasteiger partial charge in [0.25, 0.3) is 0 Å². The zero-order valence-corrected chi connectivity index (χ0v) is 11.4. The highest BCUT2D eigenvalue weighted by Crippen LogP contribution is 2.40. The molecule has 0 aromatic rings. The van der Waals surface area contributed by atoms with Gasteiger partial charge in [-0.25, -0.2) is 0 Å². The Morgan fingerprint density at radius 3 is 2.38 bits per heavy atom. The highest BCUT2D eigenvalue weighted by atomic mass is 15.2. The first kappa shape index (κ1) is 12.4. The van der Waals surface area contributed by atoms with Crippen molar-refractivity contribution in [1.82, 2.24) is 4.90 Å². The molecule has 2 heteroatoms. The molecule has 3 unspecified atom stereocenters. The van der Waals surface area contributed by atoms with Crippen molar-refractivity contribution in [2.75, 3.05) is 13.1 Å². The van der Waals surface area contributed by atoms with E-state index < -0.39 is 0 Å². The lowest BCUT2D eigenvalue weighted by Crippen LogP contribution is -2.48. The minimum Gasteiger partial charge on any atom is -0.326 e. The van der Waals surface area contributed by atoms with Crippen LogP contribution in [0.3, 0.4) is 0 Å². The van der Waals surface area contributed by atoms with Crippen LogP contribution in [-0.4, -0.2) is 30.1 Å². The normalized spacial score (nSPS) is 39.8. The lowest BCUT2D eigenvalue weighted by Gasteiger charge is -2.32. The Morgan fingerprint density at radius 1 is 1.25 bits per heavy atom. The van der Waals surface area contributed by atoms with Crippen molar-refractivity contribution in [3.05, 3.63) is 0 Å². The van der Waals surface area contributed by atoms with E-state index in [1.807, 2.05) is 0 Å². The van der Waals surface area contributed by atoms with E-state index in [0.717, 1.165) is 11.8 Å². The Labute approximate surface area is 101 Å². The molecule has 1 saturated heterocycles. The largest absolute Gasteiger partial charge is 0.326 e. The second-order valence-electron chi connectivity index (χ2n) is 6.91. The number of likely N-dealkylation sites (tertiary alicyclic amines) is 1. The molecule has 0 spiro atoms. The van der Waals surface area contributed by atoms with Crippen LogP contribution in [0.5, 0.6) is 0 Å². The zero-order chi connectivity index (χ0) is 11.9. The van der Waals surface area contributed by atoms with Crippen molar-refractivity contribution in [3.63, 3.8) is 0 Å². The molecule has 3 atom stereocenters. The molecule has 1 aliphatic carbocycles. The zero-order valence-electron chi connectivity index (χ0n) is 11.4. The van der Waals surface area contributed by atoms with E-state index >= 15 is 0 Å². The third-order valence-electron chi connectivity index (χ3n) is 5.07. The van der Waals surface area contributed by atoms with Crippen molar-refractivity contribution in [1.29, 1.82) is 0 Å². The lowest BCUT2D eigenvalue weighted by atomic mass is 9.87. The van der Waals surface area contributed by atoms with Gasteiger partial charge in [-0.05, 0) is 43.1 Å². The topological polar surface area (TPSA) is 29.3 Å². The van der Waals surface area contributed by atoms with Gasteiger partial charge in [-0.3, -0.25) is 4.90 Å². The van der Waals surface area contributed by atoms with Crippen LogP contribution < -0.4 is 5.73 Å². The van der Waals surface area contributed by atoms with Crippen LogP contribution in [0, 0.1) is 17.3 Å². The fraction of sp³-hybridized carbons (Fsp3) is 1.00. The molecule has 1 aliphatic heterocycles. The van der Waals surface area contributed by atoms with Crippen molar-refractivity contribution in [2.24, 2.45) is 23.0 Å². The number of hydrogen-bond acceptors (Lipinski definition) is 2. The Morgan fingerprint density at radius 2 is 1.94 bits per heavy atom. The van der Waals surface area contributed by atoms with E-state index in [2.05, 4.69) is 32.6 Å². The molecule has 2 N–H and O–H groups in total. The summed E-state index contributed by atoms with van der Waals surface area (Å²) in [4.78, 5) is 2.67. The van der Waals surface area contributed by atoms with Gasteiger partial charge in [-0.2, -0.15) is 0 Å². The van der Waals surface area contributed by atoms with Crippen LogP contribution in [0.15, 0.2) is 0 Å². The Hall–Kier alpha value is -0.0800. The van der Waals surface area contributed by atoms with Crippen LogP contribution in [0.1, 0.15) is 47.0 Å². The second-order valence-corrected chi connectivity index (χ2v) is 6.91. The van der Waals surface area contributed by atoms with Crippen LogP contribution in [0.2, 0.25) is 0 Å². The van der Waals surface area contributed by atoms with Gasteiger partial charge < -0.3 is 5.73 Å². The van der Waals surface area contributed by atoms with E-state index in [9.17, 15) is 0 Å². The van der Waals surface area contributed by atoms with Gasteiger partial charge in [0, 0.05) is 18.6 Å². The molecule has 94 valence electrons. The van der Waals surface area contributed by atoms with Gasteiger partial charge in [0.2, 0.25) is 0 Å². The maximum atomic E-state index is 6.42. The van der Waals surface area contributed by atoms with E-state index in [1.165, 1.54) is 32.4 Å². The van der Waals surface area contributed by atoms with E-state index in [4.69, 9.17) is 5.73 Å². The fourth-order valence-corrected chi connectivity index (χ4v) is 3.46. The molecular formula is C14H28N2. The average Bonchev–Trinajstić information content (AvgIpc) is 2.74. The first-order valence-corrected chi connectivity index (χ1v) is 6.91. The van der Waals surface area contributed by atoms with Gasteiger partial charge in [0.1, 0.15) is 0 Å². The first-order valence-electron chi connectivity index (χ1n) is 6.91. The van der Waals surface area contributed by atoms with Crippen LogP contribution in [-0.2, 0) is 0 Å². The number of hydrogen-bond donors (Lipinski definition) is 1. The summed E-state index contributed by atoms with van der Waals surface area (Å²) in [5.74, 6) is 1.73. The summed E-state index contributed by atoms with van der Waals surface area (Å²) in [5, 5.41) is 0. The highest BCUT2D eigenvalue weighted by molar-refractivity contribution is 5.00. The summed E-state index contributed by atoms with van der Waals surface area (Å²) < 4.78 is 0. The molecule has 0 amide bonds. The molecule has 0 aromatic carbocycles. The lowest BCUT2D eigenvalue weighted by molar-refractivity contribution is 0.187. The van der Waals surface area contributed by atoms with Gasteiger partial charge in [0.05, 0.1) is 0 Å². The van der Waals surface area contributed by atoms with Gasteiger partial charge in [-0.1, -0.05) is 27.7 Å². The molecule has 1 heterocycles. The Kier molecular flexibility index (Phi) is 3.33. The van der Waals surface area contributed by atoms with Crippen LogP contribution in [0.4, 0.5) is 0 Å². The molecule has 16 heavy (non-hydrogen) atoms. The van der Waals surface area contributed by atoms with E-state index in [1.54, 1.807) is 0 Å². The summed E-state index contributed by atoms with van der Waals surface area (Å²) in [5.41, 5.74) is 6.76. The third kappa shape index (κ3) is 2.14. The van der Waals surface area contributed by atoms with E-state index in [-0.39, 0.29) is 0 Å².